The molecule has 0 aliphatic rings. The molecule has 3 rings (SSSR count). The van der Waals surface area contributed by atoms with E-state index in [9.17, 15) is 4.79 Å². The standard InChI is InChI=1S/C18H18N4O2/c23-11-14-6-4-13(5-7-14)8-9-19-18(24)16-3-1-2-15(10-16)17-20-12-21-22-17/h1-7,10,12,23H,8-9,11H2,(H,19,24)(H,20,21,22). The molecule has 0 radical (unpaired) electrons. The van der Waals surface area contributed by atoms with Crippen LogP contribution in [0.3, 0.4) is 0 Å². The van der Waals surface area contributed by atoms with Gasteiger partial charge in [0.2, 0.25) is 0 Å². The third kappa shape index (κ3) is 3.85. The SMILES string of the molecule is O=C(NCCc1ccc(CO)cc1)c1cccc(-c2ncn[nH]2)c1. The minimum Gasteiger partial charge on any atom is -0.392 e. The fraction of sp³-hybridized carbons (Fsp3) is 0.167. The third-order valence-electron chi connectivity index (χ3n) is 3.72. The van der Waals surface area contributed by atoms with Gasteiger partial charge < -0.3 is 10.4 Å². The average Bonchev–Trinajstić information content (AvgIpc) is 3.17. The Balaban J connectivity index is 1.58. The number of carbonyl (C=O) groups is 1. The lowest BCUT2D eigenvalue weighted by atomic mass is 10.1. The summed E-state index contributed by atoms with van der Waals surface area (Å²) in [7, 11) is 0. The van der Waals surface area contributed by atoms with Crippen molar-refractivity contribution in [2.75, 3.05) is 6.54 Å². The maximum Gasteiger partial charge on any atom is 0.251 e. The summed E-state index contributed by atoms with van der Waals surface area (Å²) in [6.45, 7) is 0.586. The maximum atomic E-state index is 12.3. The molecule has 0 aliphatic heterocycles. The van der Waals surface area contributed by atoms with E-state index in [4.69, 9.17) is 5.11 Å². The van der Waals surface area contributed by atoms with E-state index in [0.717, 1.165) is 23.1 Å². The molecule has 3 aromatic rings. The number of carbonyl (C=O) groups excluding carboxylic acids is 1. The number of aliphatic hydroxyl groups is 1. The minimum absolute atomic E-state index is 0.0402. The van der Waals surface area contributed by atoms with Crippen LogP contribution in [0.2, 0.25) is 0 Å². The molecule has 1 aromatic heterocycles. The highest BCUT2D eigenvalue weighted by molar-refractivity contribution is 5.95. The third-order valence-corrected chi connectivity index (χ3v) is 3.72. The van der Waals surface area contributed by atoms with Crippen LogP contribution in [0.25, 0.3) is 11.4 Å². The molecule has 24 heavy (non-hydrogen) atoms. The van der Waals surface area contributed by atoms with E-state index in [-0.39, 0.29) is 12.5 Å². The fourth-order valence-electron chi connectivity index (χ4n) is 2.39. The minimum atomic E-state index is -0.122. The maximum absolute atomic E-state index is 12.3. The summed E-state index contributed by atoms with van der Waals surface area (Å²) < 4.78 is 0. The molecule has 0 bridgehead atoms. The zero-order chi connectivity index (χ0) is 16.8. The van der Waals surface area contributed by atoms with Crippen LogP contribution in [-0.2, 0) is 13.0 Å². The van der Waals surface area contributed by atoms with Crippen molar-refractivity contribution in [2.45, 2.75) is 13.0 Å². The first-order valence-corrected chi connectivity index (χ1v) is 7.69. The highest BCUT2D eigenvalue weighted by Crippen LogP contribution is 2.15. The highest BCUT2D eigenvalue weighted by Gasteiger charge is 2.08. The van der Waals surface area contributed by atoms with E-state index in [1.54, 1.807) is 12.1 Å². The van der Waals surface area contributed by atoms with E-state index in [1.165, 1.54) is 6.33 Å². The Hall–Kier alpha value is -2.99. The number of aromatic amines is 1. The van der Waals surface area contributed by atoms with Crippen molar-refractivity contribution < 1.29 is 9.90 Å². The molecular weight excluding hydrogens is 304 g/mol. The lowest BCUT2D eigenvalue weighted by Gasteiger charge is -2.07. The van der Waals surface area contributed by atoms with E-state index >= 15 is 0 Å². The molecule has 1 heterocycles. The second kappa shape index (κ2) is 7.52. The molecule has 0 fully saturated rings. The smallest absolute Gasteiger partial charge is 0.251 e. The lowest BCUT2D eigenvalue weighted by Crippen LogP contribution is -2.25. The van der Waals surface area contributed by atoms with Crippen LogP contribution in [0.1, 0.15) is 21.5 Å². The number of nitrogens with one attached hydrogen (secondary N) is 2. The summed E-state index contributed by atoms with van der Waals surface area (Å²) in [5.41, 5.74) is 3.40. The van der Waals surface area contributed by atoms with Gasteiger partial charge in [-0.25, -0.2) is 4.98 Å². The largest absolute Gasteiger partial charge is 0.392 e. The van der Waals surface area contributed by atoms with Crippen molar-refractivity contribution in [3.05, 3.63) is 71.5 Å². The lowest BCUT2D eigenvalue weighted by molar-refractivity contribution is 0.0954. The van der Waals surface area contributed by atoms with Gasteiger partial charge in [0.25, 0.3) is 5.91 Å². The number of hydrogen-bond donors (Lipinski definition) is 3. The van der Waals surface area contributed by atoms with Crippen molar-refractivity contribution in [3.8, 4) is 11.4 Å². The summed E-state index contributed by atoms with van der Waals surface area (Å²) >= 11 is 0. The summed E-state index contributed by atoms with van der Waals surface area (Å²) in [6.07, 6.45) is 2.17. The van der Waals surface area contributed by atoms with Gasteiger partial charge in [-0.3, -0.25) is 9.89 Å². The van der Waals surface area contributed by atoms with Gasteiger partial charge in [-0.05, 0) is 29.7 Å². The van der Waals surface area contributed by atoms with E-state index in [1.807, 2.05) is 36.4 Å². The van der Waals surface area contributed by atoms with Crippen LogP contribution < -0.4 is 5.32 Å². The van der Waals surface area contributed by atoms with Crippen LogP contribution in [0.5, 0.6) is 0 Å². The first-order chi connectivity index (χ1) is 11.8. The van der Waals surface area contributed by atoms with Crippen LogP contribution in [0.4, 0.5) is 0 Å². The molecule has 0 saturated carbocycles. The molecule has 0 aliphatic carbocycles. The van der Waals surface area contributed by atoms with Gasteiger partial charge in [0.1, 0.15) is 6.33 Å². The topological polar surface area (TPSA) is 90.9 Å². The van der Waals surface area contributed by atoms with Crippen LogP contribution >= 0.6 is 0 Å². The van der Waals surface area contributed by atoms with Gasteiger partial charge in [0, 0.05) is 17.7 Å². The zero-order valence-electron chi connectivity index (χ0n) is 13.1. The van der Waals surface area contributed by atoms with Gasteiger partial charge >= 0.3 is 0 Å². The molecular formula is C18H18N4O2. The Morgan fingerprint density at radius 3 is 2.62 bits per heavy atom. The van der Waals surface area contributed by atoms with E-state index in [0.29, 0.717) is 17.9 Å². The van der Waals surface area contributed by atoms with Crippen LogP contribution in [0.15, 0.2) is 54.9 Å². The van der Waals surface area contributed by atoms with Crippen molar-refractivity contribution >= 4 is 5.91 Å². The molecule has 0 saturated heterocycles. The Bertz CT molecular complexity index is 798. The van der Waals surface area contributed by atoms with Gasteiger partial charge in [0.05, 0.1) is 6.61 Å². The second-order valence-corrected chi connectivity index (χ2v) is 5.40. The molecule has 0 spiro atoms. The van der Waals surface area contributed by atoms with Crippen molar-refractivity contribution in [1.29, 1.82) is 0 Å². The number of H-pyrrole nitrogens is 1. The Kier molecular flexibility index (Phi) is 4.98. The fourth-order valence-corrected chi connectivity index (χ4v) is 2.39. The number of nitrogens with zero attached hydrogens (tertiary/aromatic N) is 2. The molecule has 1 amide bonds. The van der Waals surface area contributed by atoms with E-state index < -0.39 is 0 Å². The normalized spacial score (nSPS) is 10.5. The number of aromatic nitrogens is 3. The number of rotatable bonds is 6. The average molecular weight is 322 g/mol. The predicted molar refractivity (Wildman–Crippen MR) is 90.2 cm³/mol. The van der Waals surface area contributed by atoms with Crippen molar-refractivity contribution in [3.63, 3.8) is 0 Å². The molecule has 122 valence electrons. The Morgan fingerprint density at radius 2 is 1.92 bits per heavy atom. The van der Waals surface area contributed by atoms with Gasteiger partial charge in [-0.1, -0.05) is 36.4 Å². The second-order valence-electron chi connectivity index (χ2n) is 5.40. The summed E-state index contributed by atoms with van der Waals surface area (Å²) in [5, 5.41) is 18.5. The molecule has 0 unspecified atom stereocenters. The molecule has 2 aromatic carbocycles. The van der Waals surface area contributed by atoms with Gasteiger partial charge in [-0.2, -0.15) is 5.10 Å². The van der Waals surface area contributed by atoms with E-state index in [2.05, 4.69) is 20.5 Å². The summed E-state index contributed by atoms with van der Waals surface area (Å²) in [5.74, 6) is 0.511. The predicted octanol–water partition coefficient (Wildman–Crippen LogP) is 1.94. The summed E-state index contributed by atoms with van der Waals surface area (Å²) in [4.78, 5) is 16.4. The quantitative estimate of drug-likeness (QED) is 0.647. The van der Waals surface area contributed by atoms with Crippen molar-refractivity contribution in [1.82, 2.24) is 20.5 Å². The molecule has 3 N–H and O–H groups in total. The highest BCUT2D eigenvalue weighted by atomic mass is 16.3. The number of amides is 1. The molecule has 6 heteroatoms. The number of benzene rings is 2. The number of hydrogen-bond acceptors (Lipinski definition) is 4. The van der Waals surface area contributed by atoms with Crippen molar-refractivity contribution in [2.24, 2.45) is 0 Å². The Morgan fingerprint density at radius 1 is 1.12 bits per heavy atom. The summed E-state index contributed by atoms with van der Waals surface area (Å²) in [6, 6.07) is 14.9. The first-order valence-electron chi connectivity index (χ1n) is 7.69. The zero-order valence-corrected chi connectivity index (χ0v) is 13.1. The van der Waals surface area contributed by atoms with Gasteiger partial charge in [0.15, 0.2) is 5.82 Å². The van der Waals surface area contributed by atoms with Gasteiger partial charge in [-0.15, -0.1) is 0 Å². The molecule has 0 atom stereocenters. The number of aliphatic hydroxyl groups excluding tert-OH is 1. The van der Waals surface area contributed by atoms with Crippen LogP contribution in [0, 0.1) is 0 Å². The first kappa shape index (κ1) is 15.9. The molecule has 6 nitrogen and oxygen atoms in total. The van der Waals surface area contributed by atoms with Crippen LogP contribution in [-0.4, -0.2) is 32.7 Å². The Labute approximate surface area is 139 Å². The monoisotopic (exact) mass is 322 g/mol.